The van der Waals surface area contributed by atoms with Gasteiger partial charge in [0.1, 0.15) is 6.33 Å². The Morgan fingerprint density at radius 3 is 3.36 bits per heavy atom. The smallest absolute Gasteiger partial charge is 0.155 e. The highest BCUT2D eigenvalue weighted by Gasteiger charge is 2.12. The summed E-state index contributed by atoms with van der Waals surface area (Å²) in [5, 5.41) is 3.23. The molecule has 0 unspecified atom stereocenters. The molecule has 0 spiro atoms. The van der Waals surface area contributed by atoms with Crippen LogP contribution in [-0.4, -0.2) is 30.1 Å². The molecule has 58 valence electrons. The average Bonchev–Trinajstić information content (AvgIpc) is 2.06. The van der Waals surface area contributed by atoms with Crippen LogP contribution in [0, 0.1) is 0 Å². The summed E-state index contributed by atoms with van der Waals surface area (Å²) in [5.74, 6) is 0.992. The fourth-order valence-electron chi connectivity index (χ4n) is 1.22. The maximum absolute atomic E-state index is 4.15. The lowest BCUT2D eigenvalue weighted by Crippen LogP contribution is -2.31. The van der Waals surface area contributed by atoms with Crippen molar-refractivity contribution in [2.45, 2.75) is 0 Å². The number of anilines is 2. The monoisotopic (exact) mass is 150 g/mol. The van der Waals surface area contributed by atoms with Crippen LogP contribution >= 0.6 is 0 Å². The summed E-state index contributed by atoms with van der Waals surface area (Å²) in [7, 11) is 2.03. The van der Waals surface area contributed by atoms with Crippen molar-refractivity contribution in [2.24, 2.45) is 0 Å². The molecule has 4 nitrogen and oxygen atoms in total. The third-order valence-corrected chi connectivity index (χ3v) is 1.82. The summed E-state index contributed by atoms with van der Waals surface area (Å²) in [4.78, 5) is 10.2. The van der Waals surface area contributed by atoms with Crippen molar-refractivity contribution in [3.05, 3.63) is 12.5 Å². The minimum Gasteiger partial charge on any atom is -0.379 e. The van der Waals surface area contributed by atoms with E-state index in [0.717, 1.165) is 24.6 Å². The van der Waals surface area contributed by atoms with Crippen LogP contribution in [0.5, 0.6) is 0 Å². The van der Waals surface area contributed by atoms with E-state index >= 15 is 0 Å². The van der Waals surface area contributed by atoms with E-state index in [2.05, 4.69) is 20.2 Å². The van der Waals surface area contributed by atoms with E-state index in [1.807, 2.05) is 7.05 Å². The van der Waals surface area contributed by atoms with Crippen LogP contribution in [0.25, 0.3) is 0 Å². The van der Waals surface area contributed by atoms with Crippen LogP contribution in [0.4, 0.5) is 11.5 Å². The maximum Gasteiger partial charge on any atom is 0.155 e. The van der Waals surface area contributed by atoms with Crippen molar-refractivity contribution < 1.29 is 0 Å². The van der Waals surface area contributed by atoms with E-state index in [-0.39, 0.29) is 0 Å². The molecule has 0 saturated heterocycles. The Morgan fingerprint density at radius 2 is 2.55 bits per heavy atom. The largest absolute Gasteiger partial charge is 0.379 e. The first-order valence-corrected chi connectivity index (χ1v) is 3.63. The van der Waals surface area contributed by atoms with Gasteiger partial charge in [-0.3, -0.25) is 0 Å². The molecule has 4 heteroatoms. The molecule has 1 aliphatic rings. The topological polar surface area (TPSA) is 41.0 Å². The van der Waals surface area contributed by atoms with Gasteiger partial charge >= 0.3 is 0 Å². The minimum absolute atomic E-state index is 0.969. The predicted molar refractivity (Wildman–Crippen MR) is 43.8 cm³/mol. The first-order valence-electron chi connectivity index (χ1n) is 3.63. The molecule has 1 aromatic heterocycles. The summed E-state index contributed by atoms with van der Waals surface area (Å²) >= 11 is 0. The molecule has 0 saturated carbocycles. The number of rotatable bonds is 0. The van der Waals surface area contributed by atoms with Crippen molar-refractivity contribution in [3.8, 4) is 0 Å². The quantitative estimate of drug-likeness (QED) is 0.579. The summed E-state index contributed by atoms with van der Waals surface area (Å²) < 4.78 is 0. The molecule has 0 atom stereocenters. The molecule has 1 aromatic rings. The number of hydrogen-bond acceptors (Lipinski definition) is 4. The Hall–Kier alpha value is -1.32. The van der Waals surface area contributed by atoms with Crippen molar-refractivity contribution in [1.29, 1.82) is 0 Å². The number of nitrogens with zero attached hydrogens (tertiary/aromatic N) is 3. The zero-order valence-corrected chi connectivity index (χ0v) is 6.41. The van der Waals surface area contributed by atoms with Gasteiger partial charge in [-0.1, -0.05) is 0 Å². The fourth-order valence-corrected chi connectivity index (χ4v) is 1.22. The van der Waals surface area contributed by atoms with Gasteiger partial charge in [0.25, 0.3) is 0 Å². The second-order valence-electron chi connectivity index (χ2n) is 2.61. The van der Waals surface area contributed by atoms with Crippen molar-refractivity contribution in [2.75, 3.05) is 30.4 Å². The van der Waals surface area contributed by atoms with E-state index in [4.69, 9.17) is 0 Å². The summed E-state index contributed by atoms with van der Waals surface area (Å²) in [6.07, 6.45) is 3.38. The number of fused-ring (bicyclic) bond motifs is 1. The van der Waals surface area contributed by atoms with Crippen LogP contribution < -0.4 is 10.2 Å². The van der Waals surface area contributed by atoms with Crippen molar-refractivity contribution in [3.63, 3.8) is 0 Å². The standard InChI is InChI=1S/C7H10N4/c1-11-3-2-9-6-4-8-5-10-7(6)11/h4-5,9H,2-3H2,1H3. The van der Waals surface area contributed by atoms with E-state index in [9.17, 15) is 0 Å². The molecule has 2 rings (SSSR count). The van der Waals surface area contributed by atoms with Gasteiger partial charge in [-0.25, -0.2) is 9.97 Å². The van der Waals surface area contributed by atoms with Gasteiger partial charge in [0.15, 0.2) is 5.82 Å². The second kappa shape index (κ2) is 2.38. The average molecular weight is 150 g/mol. The van der Waals surface area contributed by atoms with Gasteiger partial charge in [-0.05, 0) is 0 Å². The van der Waals surface area contributed by atoms with Crippen molar-refractivity contribution >= 4 is 11.5 Å². The molecular weight excluding hydrogens is 140 g/mol. The molecule has 0 fully saturated rings. The molecule has 0 aliphatic carbocycles. The molecule has 0 bridgehead atoms. The number of nitrogens with one attached hydrogen (secondary N) is 1. The minimum atomic E-state index is 0.969. The first-order chi connectivity index (χ1) is 5.38. The van der Waals surface area contributed by atoms with E-state index < -0.39 is 0 Å². The Morgan fingerprint density at radius 1 is 1.64 bits per heavy atom. The van der Waals surface area contributed by atoms with Crippen LogP contribution in [0.15, 0.2) is 12.5 Å². The Bertz CT molecular complexity index is 260. The third kappa shape index (κ3) is 1.00. The lowest BCUT2D eigenvalue weighted by Gasteiger charge is -2.26. The lowest BCUT2D eigenvalue weighted by molar-refractivity contribution is 0.856. The number of aromatic nitrogens is 2. The third-order valence-electron chi connectivity index (χ3n) is 1.82. The van der Waals surface area contributed by atoms with Gasteiger partial charge < -0.3 is 10.2 Å². The lowest BCUT2D eigenvalue weighted by atomic mass is 10.3. The zero-order chi connectivity index (χ0) is 7.68. The first kappa shape index (κ1) is 6.39. The van der Waals surface area contributed by atoms with Gasteiger partial charge in [0.2, 0.25) is 0 Å². The zero-order valence-electron chi connectivity index (χ0n) is 6.41. The molecule has 0 amide bonds. The molecular formula is C7H10N4. The molecule has 1 N–H and O–H groups in total. The second-order valence-corrected chi connectivity index (χ2v) is 2.61. The highest BCUT2D eigenvalue weighted by molar-refractivity contribution is 5.65. The van der Waals surface area contributed by atoms with Gasteiger partial charge in [0, 0.05) is 20.1 Å². The van der Waals surface area contributed by atoms with E-state index in [1.54, 1.807) is 12.5 Å². The van der Waals surface area contributed by atoms with Crippen LogP contribution in [0.2, 0.25) is 0 Å². The van der Waals surface area contributed by atoms with Crippen molar-refractivity contribution in [1.82, 2.24) is 9.97 Å². The predicted octanol–water partition coefficient (Wildman–Crippen LogP) is 0.338. The molecule has 0 aromatic carbocycles. The normalized spacial score (nSPS) is 15.5. The highest BCUT2D eigenvalue weighted by Crippen LogP contribution is 2.22. The van der Waals surface area contributed by atoms with E-state index in [0.29, 0.717) is 0 Å². The molecule has 0 radical (unpaired) electrons. The van der Waals surface area contributed by atoms with Gasteiger partial charge in [0.05, 0.1) is 11.9 Å². The van der Waals surface area contributed by atoms with Crippen LogP contribution in [0.1, 0.15) is 0 Å². The Balaban J connectivity index is 2.44. The maximum atomic E-state index is 4.15. The summed E-state index contributed by atoms with van der Waals surface area (Å²) in [6.45, 7) is 1.97. The Labute approximate surface area is 65.3 Å². The van der Waals surface area contributed by atoms with Gasteiger partial charge in [-0.15, -0.1) is 0 Å². The fraction of sp³-hybridized carbons (Fsp3) is 0.429. The van der Waals surface area contributed by atoms with Crippen LogP contribution in [0.3, 0.4) is 0 Å². The number of likely N-dealkylation sites (N-methyl/N-ethyl adjacent to an activating group) is 1. The molecule has 1 aliphatic heterocycles. The summed E-state index contributed by atoms with van der Waals surface area (Å²) in [5.41, 5.74) is 1.03. The SMILES string of the molecule is CN1CCNc2cncnc21. The van der Waals surface area contributed by atoms with Crippen LogP contribution in [-0.2, 0) is 0 Å². The highest BCUT2D eigenvalue weighted by atomic mass is 15.2. The summed E-state index contributed by atoms with van der Waals surface area (Å²) in [6, 6.07) is 0. The van der Waals surface area contributed by atoms with Gasteiger partial charge in [-0.2, -0.15) is 0 Å². The molecule has 11 heavy (non-hydrogen) atoms. The number of hydrogen-bond donors (Lipinski definition) is 1. The van der Waals surface area contributed by atoms with E-state index in [1.165, 1.54) is 0 Å². The Kier molecular flexibility index (Phi) is 1.38. The molecule has 2 heterocycles.